The van der Waals surface area contributed by atoms with Crippen LogP contribution in [0.4, 0.5) is 10.6 Å². The number of rotatable bonds is 13. The largest absolute Gasteiger partial charge is 0.444 e. The van der Waals surface area contributed by atoms with E-state index >= 15 is 0 Å². The first-order valence-electron chi connectivity index (χ1n) is 23.2. The monoisotopic (exact) mass is 1080 g/mol. The number of nitriles is 1. The lowest BCUT2D eigenvalue weighted by Gasteiger charge is -2.29. The standard InChI is InChI=1S/C26H23ClN8O3.C24H29ClN4O5.4CH4/c1-37-9-10-38-18-11-20(33(14-18)25-21-16(12-28)13-29-23(21)30-15-31-25)24-32-34-8-7-19(27)22(34)26(36)35(24)17-5-3-2-4-6-17;1-24(2,3)34-23(31)27-15-17(33-13-12-32-4)14-19(27)21-26-28-11-10-18(25)20(28)22(30)29(21)16-8-6-5-7-9-16;;;;/h2-8,13,15,18,20H,9-11,14H2,1H3,(H,29,30,31);5-11,17,19H,12-15H2,1-4H3;4*1H4/t18-,20-;17-,19-;;;;/m00..../s1. The number of halogens is 2. The average molecular weight is 1080 g/mol. The maximum atomic E-state index is 13.9. The lowest BCUT2D eigenvalue weighted by atomic mass is 10.1. The summed E-state index contributed by atoms with van der Waals surface area (Å²) < 4.78 is 34.1. The molecule has 0 unspecified atom stereocenters. The molecule has 1 N–H and O–H groups in total. The van der Waals surface area contributed by atoms with Gasteiger partial charge in [0, 0.05) is 52.2 Å². The van der Waals surface area contributed by atoms with Crippen molar-refractivity contribution in [3.05, 3.63) is 146 Å². The maximum absolute atomic E-state index is 13.9. The van der Waals surface area contributed by atoms with E-state index in [2.05, 4.69) is 21.0 Å². The van der Waals surface area contributed by atoms with Crippen LogP contribution in [0.15, 0.2) is 107 Å². The highest BCUT2D eigenvalue weighted by molar-refractivity contribution is 6.34. The molecule has 22 heteroatoms. The number of nitrogens with one attached hydrogen (secondary N) is 1. The van der Waals surface area contributed by atoms with E-state index in [1.54, 1.807) is 54.4 Å². The number of hydrogen-bond donors (Lipinski definition) is 1. The van der Waals surface area contributed by atoms with Crippen molar-refractivity contribution in [3.8, 4) is 17.4 Å². The number of likely N-dealkylation sites (tertiary alicyclic amines) is 1. The van der Waals surface area contributed by atoms with Crippen molar-refractivity contribution in [2.75, 3.05) is 58.6 Å². The van der Waals surface area contributed by atoms with Crippen molar-refractivity contribution in [1.29, 1.82) is 5.26 Å². The topological polar surface area (TPSA) is 214 Å². The SMILES string of the molecule is C.C.C.C.COCCO[C@H]1C[C@@H](c2nn3ccc(Cl)c3c(=O)n2-c2ccccc2)N(C(=O)OC(C)(C)C)C1.COCCO[C@H]1C[C@@H](c2nn3ccc(Cl)c3c(=O)n2-c2ccccc2)N(c2ncnc3[nH]cc(C#N)c23)C1. The van der Waals surface area contributed by atoms with E-state index in [1.807, 2.05) is 86.3 Å². The fraction of sp³-hybridized carbons (Fsp3) is 0.407. The van der Waals surface area contributed by atoms with Crippen molar-refractivity contribution >= 4 is 57.2 Å². The van der Waals surface area contributed by atoms with Crippen molar-refractivity contribution in [1.82, 2.24) is 48.2 Å². The molecule has 0 saturated carbocycles. The van der Waals surface area contributed by atoms with Gasteiger partial charge in [-0.05, 0) is 57.2 Å². The molecule has 8 heterocycles. The Hall–Kier alpha value is -7.12. The number of anilines is 1. The van der Waals surface area contributed by atoms with Crippen molar-refractivity contribution in [2.24, 2.45) is 0 Å². The van der Waals surface area contributed by atoms with Crippen LogP contribution in [0.25, 0.3) is 33.4 Å². The van der Waals surface area contributed by atoms with Gasteiger partial charge >= 0.3 is 6.09 Å². The summed E-state index contributed by atoms with van der Waals surface area (Å²) in [6.45, 7) is 7.91. The van der Waals surface area contributed by atoms with Crippen LogP contribution in [0, 0.1) is 11.3 Å². The molecule has 0 radical (unpaired) electrons. The molecule has 8 aromatic rings. The second kappa shape index (κ2) is 25.6. The zero-order chi connectivity index (χ0) is 50.7. The van der Waals surface area contributed by atoms with E-state index in [0.717, 1.165) is 0 Å². The number of carbonyl (C=O) groups is 1. The number of ether oxygens (including phenoxy) is 5. The van der Waals surface area contributed by atoms with Crippen LogP contribution in [0.5, 0.6) is 0 Å². The Morgan fingerprint density at radius 3 is 1.72 bits per heavy atom. The van der Waals surface area contributed by atoms with E-state index in [9.17, 15) is 19.6 Å². The van der Waals surface area contributed by atoms with Gasteiger partial charge < -0.3 is 33.6 Å². The fourth-order valence-corrected chi connectivity index (χ4v) is 9.56. The van der Waals surface area contributed by atoms with E-state index in [1.165, 1.54) is 19.9 Å². The molecule has 4 atom stereocenters. The first-order valence-corrected chi connectivity index (χ1v) is 24.0. The van der Waals surface area contributed by atoms with Gasteiger partial charge in [-0.3, -0.25) is 23.6 Å². The Balaban J connectivity index is 0.000000268. The molecule has 406 valence electrons. The van der Waals surface area contributed by atoms with Gasteiger partial charge in [-0.25, -0.2) is 23.8 Å². The van der Waals surface area contributed by atoms with E-state index < -0.39 is 23.8 Å². The average Bonchev–Trinajstić information content (AvgIpc) is 4.23. The number of fused-ring (bicyclic) bond motifs is 3. The number of aromatic nitrogens is 9. The molecule has 2 saturated heterocycles. The number of H-pyrrole nitrogens is 1. The number of nitrogens with zero attached hydrogens (tertiary/aromatic N) is 11. The number of benzene rings is 2. The molecule has 2 fully saturated rings. The van der Waals surface area contributed by atoms with Gasteiger partial charge in [-0.15, -0.1) is 0 Å². The van der Waals surface area contributed by atoms with Crippen LogP contribution in [-0.4, -0.2) is 126 Å². The van der Waals surface area contributed by atoms with Gasteiger partial charge in [0.05, 0.1) is 89.6 Å². The van der Waals surface area contributed by atoms with Crippen LogP contribution >= 0.6 is 23.2 Å². The molecule has 20 nitrogen and oxygen atoms in total. The Kier molecular flexibility index (Phi) is 20.1. The smallest absolute Gasteiger partial charge is 0.411 e. The third-order valence-corrected chi connectivity index (χ3v) is 12.8. The molecule has 10 rings (SSSR count). The molecule has 76 heavy (non-hydrogen) atoms. The van der Waals surface area contributed by atoms with Gasteiger partial charge in [-0.2, -0.15) is 15.5 Å². The minimum absolute atomic E-state index is 0. The third-order valence-electron chi connectivity index (χ3n) is 12.2. The Morgan fingerprint density at radius 2 is 1.22 bits per heavy atom. The highest BCUT2D eigenvalue weighted by Gasteiger charge is 2.43. The predicted molar refractivity (Wildman–Crippen MR) is 295 cm³/mol. The fourth-order valence-electron chi connectivity index (χ4n) is 9.11. The minimum Gasteiger partial charge on any atom is -0.444 e. The lowest BCUT2D eigenvalue weighted by Crippen LogP contribution is -2.39. The molecule has 2 aliphatic heterocycles. The zero-order valence-corrected chi connectivity index (χ0v) is 41.7. The van der Waals surface area contributed by atoms with Gasteiger partial charge in [-0.1, -0.05) is 89.3 Å². The van der Waals surface area contributed by atoms with E-state index in [-0.39, 0.29) is 58.5 Å². The molecule has 2 aromatic carbocycles. The number of amides is 1. The summed E-state index contributed by atoms with van der Waals surface area (Å²) in [6.07, 6.45) is 6.40. The first-order chi connectivity index (χ1) is 34.8. The summed E-state index contributed by atoms with van der Waals surface area (Å²) in [4.78, 5) is 56.3. The molecule has 2 aliphatic rings. The van der Waals surface area contributed by atoms with Crippen molar-refractivity contribution in [2.45, 2.75) is 93.2 Å². The highest BCUT2D eigenvalue weighted by atomic mass is 35.5. The summed E-state index contributed by atoms with van der Waals surface area (Å²) in [7, 11) is 3.23. The first kappa shape index (κ1) is 59.8. The number of hydrogen-bond acceptors (Lipinski definition) is 14. The number of methoxy groups -OCH3 is 2. The Bertz CT molecular complexity index is 3380. The summed E-state index contributed by atoms with van der Waals surface area (Å²) in [5.41, 5.74) is 1.54. The van der Waals surface area contributed by atoms with Crippen LogP contribution in [0.3, 0.4) is 0 Å². The summed E-state index contributed by atoms with van der Waals surface area (Å²) in [5.74, 6) is 1.47. The second-order valence-corrected chi connectivity index (χ2v) is 18.9. The van der Waals surface area contributed by atoms with Gasteiger partial charge in [0.2, 0.25) is 0 Å². The normalized spacial score (nSPS) is 17.0. The van der Waals surface area contributed by atoms with Crippen molar-refractivity contribution < 1.29 is 28.5 Å². The summed E-state index contributed by atoms with van der Waals surface area (Å²) in [6, 6.07) is 23.0. The number of carbonyl (C=O) groups excluding carboxylic acids is 1. The van der Waals surface area contributed by atoms with E-state index in [0.29, 0.717) is 113 Å². The number of aromatic amines is 1. The van der Waals surface area contributed by atoms with E-state index in [4.69, 9.17) is 57.1 Å². The molecule has 6 aromatic heterocycles. The third kappa shape index (κ3) is 12.1. The van der Waals surface area contributed by atoms with Crippen LogP contribution in [0.1, 0.15) is 92.6 Å². The Morgan fingerprint density at radius 1 is 0.724 bits per heavy atom. The minimum atomic E-state index is -0.680. The van der Waals surface area contributed by atoms with Gasteiger partial charge in [0.25, 0.3) is 11.1 Å². The highest BCUT2D eigenvalue weighted by Crippen LogP contribution is 2.40. The zero-order valence-electron chi connectivity index (χ0n) is 40.1. The molecular weight excluding hydrogens is 1020 g/mol. The van der Waals surface area contributed by atoms with Crippen LogP contribution in [-0.2, 0) is 23.7 Å². The maximum Gasteiger partial charge on any atom is 0.411 e. The molecular formula is C54H68Cl2N12O8. The summed E-state index contributed by atoms with van der Waals surface area (Å²) >= 11 is 12.7. The predicted octanol–water partition coefficient (Wildman–Crippen LogP) is 9.66. The van der Waals surface area contributed by atoms with Crippen LogP contribution < -0.4 is 16.0 Å². The Labute approximate surface area is 452 Å². The second-order valence-electron chi connectivity index (χ2n) is 18.1. The molecule has 0 aliphatic carbocycles. The van der Waals surface area contributed by atoms with Crippen molar-refractivity contribution in [3.63, 3.8) is 0 Å². The van der Waals surface area contributed by atoms with Gasteiger partial charge in [0.1, 0.15) is 40.5 Å². The van der Waals surface area contributed by atoms with Crippen LogP contribution in [0.2, 0.25) is 10.0 Å². The number of para-hydroxylation sites is 2. The lowest BCUT2D eigenvalue weighted by molar-refractivity contribution is 0.00884. The molecule has 0 spiro atoms. The summed E-state index contributed by atoms with van der Waals surface area (Å²) in [5, 5.41) is 20.6. The molecule has 0 bridgehead atoms. The quantitative estimate of drug-likeness (QED) is 0.107. The molecule has 1 amide bonds. The van der Waals surface area contributed by atoms with Gasteiger partial charge in [0.15, 0.2) is 11.6 Å².